The van der Waals surface area contributed by atoms with Gasteiger partial charge in [-0.1, -0.05) is 48.0 Å². The van der Waals surface area contributed by atoms with Crippen LogP contribution in [-0.4, -0.2) is 43.7 Å². The number of aryl methyl sites for hydroxylation is 2. The molecule has 0 bridgehead atoms. The number of amides is 1. The summed E-state index contributed by atoms with van der Waals surface area (Å²) in [5, 5.41) is 3.24. The molecule has 1 fully saturated rings. The van der Waals surface area contributed by atoms with Gasteiger partial charge in [-0.15, -0.1) is 0 Å². The minimum atomic E-state index is -0.0347. The highest BCUT2D eigenvalue weighted by atomic mass is 16.5. The van der Waals surface area contributed by atoms with Crippen LogP contribution in [0, 0.1) is 13.8 Å². The van der Waals surface area contributed by atoms with E-state index in [9.17, 15) is 4.79 Å². The number of rotatable bonds is 5. The summed E-state index contributed by atoms with van der Waals surface area (Å²) in [4.78, 5) is 15.2. The van der Waals surface area contributed by atoms with Gasteiger partial charge in [-0.3, -0.25) is 9.69 Å². The topological polar surface area (TPSA) is 41.6 Å². The maximum absolute atomic E-state index is 12.8. The number of hydrogen-bond donors (Lipinski definition) is 1. The van der Waals surface area contributed by atoms with Gasteiger partial charge in [-0.25, -0.2) is 0 Å². The maximum Gasteiger partial charge on any atom is 0.252 e. The quantitative estimate of drug-likeness (QED) is 0.911. The molecule has 1 aliphatic rings. The summed E-state index contributed by atoms with van der Waals surface area (Å²) in [6.45, 7) is 8.15. The van der Waals surface area contributed by atoms with E-state index in [-0.39, 0.29) is 11.9 Å². The molecule has 0 radical (unpaired) electrons. The van der Waals surface area contributed by atoms with Crippen LogP contribution in [0.25, 0.3) is 0 Å². The molecule has 1 amide bonds. The Labute approximate surface area is 149 Å². The van der Waals surface area contributed by atoms with E-state index in [4.69, 9.17) is 4.74 Å². The van der Waals surface area contributed by atoms with Crippen LogP contribution in [0.5, 0.6) is 0 Å². The molecule has 2 aromatic rings. The molecule has 1 atom stereocenters. The lowest BCUT2D eigenvalue weighted by Gasteiger charge is -2.31. The van der Waals surface area contributed by atoms with E-state index in [1.54, 1.807) is 0 Å². The first-order valence-electron chi connectivity index (χ1n) is 8.86. The van der Waals surface area contributed by atoms with Gasteiger partial charge in [0, 0.05) is 25.2 Å². The summed E-state index contributed by atoms with van der Waals surface area (Å²) in [5.41, 5.74) is 4.05. The number of carbonyl (C=O) groups is 1. The highest BCUT2D eigenvalue weighted by Crippen LogP contribution is 2.18. The minimum absolute atomic E-state index is 0.0142. The Morgan fingerprint density at radius 1 is 1.12 bits per heavy atom. The predicted molar refractivity (Wildman–Crippen MR) is 99.8 cm³/mol. The number of nitrogens with one attached hydrogen (secondary N) is 1. The van der Waals surface area contributed by atoms with Crippen molar-refractivity contribution >= 4 is 5.91 Å². The average Bonchev–Trinajstić information content (AvgIpc) is 2.62. The molecule has 0 spiro atoms. The van der Waals surface area contributed by atoms with Crippen molar-refractivity contribution in [2.24, 2.45) is 0 Å². The largest absolute Gasteiger partial charge is 0.379 e. The maximum atomic E-state index is 12.8. The third-order valence-corrected chi connectivity index (χ3v) is 4.68. The molecule has 1 heterocycles. The van der Waals surface area contributed by atoms with E-state index in [1.165, 1.54) is 5.56 Å². The van der Waals surface area contributed by atoms with Gasteiger partial charge < -0.3 is 10.1 Å². The molecular formula is C21H26N2O2. The first-order chi connectivity index (χ1) is 12.1. The summed E-state index contributed by atoms with van der Waals surface area (Å²) in [6, 6.07) is 16.1. The molecule has 0 aliphatic carbocycles. The Morgan fingerprint density at radius 3 is 2.52 bits per heavy atom. The molecule has 1 unspecified atom stereocenters. The van der Waals surface area contributed by atoms with Crippen molar-refractivity contribution < 1.29 is 9.53 Å². The molecule has 4 nitrogen and oxygen atoms in total. The van der Waals surface area contributed by atoms with E-state index in [1.807, 2.05) is 44.2 Å². The molecule has 0 saturated carbocycles. The zero-order valence-electron chi connectivity index (χ0n) is 15.0. The minimum Gasteiger partial charge on any atom is -0.379 e. The van der Waals surface area contributed by atoms with Crippen molar-refractivity contribution in [1.82, 2.24) is 10.2 Å². The highest BCUT2D eigenvalue weighted by molar-refractivity contribution is 5.96. The second-order valence-corrected chi connectivity index (χ2v) is 6.67. The second kappa shape index (κ2) is 8.28. The van der Waals surface area contributed by atoms with Crippen LogP contribution in [0.2, 0.25) is 0 Å². The first kappa shape index (κ1) is 17.6. The number of hydrogen-bond acceptors (Lipinski definition) is 3. The summed E-state index contributed by atoms with van der Waals surface area (Å²) in [5.74, 6) is -0.0142. The zero-order chi connectivity index (χ0) is 17.6. The van der Waals surface area contributed by atoms with E-state index >= 15 is 0 Å². The second-order valence-electron chi connectivity index (χ2n) is 6.67. The van der Waals surface area contributed by atoms with E-state index < -0.39 is 0 Å². The molecule has 1 aliphatic heterocycles. The number of nitrogens with zero attached hydrogens (tertiary/aromatic N) is 1. The van der Waals surface area contributed by atoms with Gasteiger partial charge in [-0.05, 0) is 31.0 Å². The monoisotopic (exact) mass is 338 g/mol. The van der Waals surface area contributed by atoms with Gasteiger partial charge in [-0.2, -0.15) is 0 Å². The van der Waals surface area contributed by atoms with Crippen LogP contribution in [0.4, 0.5) is 0 Å². The standard InChI is InChI=1S/C21H26N2O2/c1-16-8-9-19(17(2)14-16)21(24)22-20(18-6-4-3-5-7-18)15-23-10-12-25-13-11-23/h3-9,14,20H,10-13,15H2,1-2H3,(H,22,24). The molecule has 0 aromatic heterocycles. The molecule has 1 saturated heterocycles. The fourth-order valence-electron chi connectivity index (χ4n) is 3.27. The Balaban J connectivity index is 1.77. The van der Waals surface area contributed by atoms with E-state index in [0.29, 0.717) is 0 Å². The smallest absolute Gasteiger partial charge is 0.252 e. The molecular weight excluding hydrogens is 312 g/mol. The van der Waals surface area contributed by atoms with Crippen LogP contribution in [0.1, 0.15) is 33.1 Å². The van der Waals surface area contributed by atoms with Gasteiger partial charge in [0.15, 0.2) is 0 Å². The molecule has 1 N–H and O–H groups in total. The molecule has 25 heavy (non-hydrogen) atoms. The first-order valence-corrected chi connectivity index (χ1v) is 8.86. The fraction of sp³-hybridized carbons (Fsp3) is 0.381. The Bertz CT molecular complexity index is 709. The van der Waals surface area contributed by atoms with Gasteiger partial charge in [0.05, 0.1) is 19.3 Å². The lowest BCUT2D eigenvalue weighted by molar-refractivity contribution is 0.0332. The predicted octanol–water partition coefficient (Wildman–Crippen LogP) is 3.11. The van der Waals surface area contributed by atoms with Crippen LogP contribution in [0.3, 0.4) is 0 Å². The van der Waals surface area contributed by atoms with E-state index in [0.717, 1.165) is 49.5 Å². The van der Waals surface area contributed by atoms with Crippen molar-refractivity contribution in [2.45, 2.75) is 19.9 Å². The highest BCUT2D eigenvalue weighted by Gasteiger charge is 2.21. The van der Waals surface area contributed by atoms with Gasteiger partial charge in [0.25, 0.3) is 5.91 Å². The number of benzene rings is 2. The normalized spacial score (nSPS) is 16.4. The van der Waals surface area contributed by atoms with Crippen molar-refractivity contribution in [3.63, 3.8) is 0 Å². The van der Waals surface area contributed by atoms with E-state index in [2.05, 4.69) is 28.4 Å². The summed E-state index contributed by atoms with van der Waals surface area (Å²) in [7, 11) is 0. The van der Waals surface area contributed by atoms with Crippen molar-refractivity contribution in [1.29, 1.82) is 0 Å². The molecule has 3 rings (SSSR count). The van der Waals surface area contributed by atoms with Crippen LogP contribution >= 0.6 is 0 Å². The number of carbonyl (C=O) groups excluding carboxylic acids is 1. The average molecular weight is 338 g/mol. The lowest BCUT2D eigenvalue weighted by Crippen LogP contribution is -2.43. The van der Waals surface area contributed by atoms with Crippen LogP contribution in [-0.2, 0) is 4.74 Å². The Kier molecular flexibility index (Phi) is 5.84. The molecule has 4 heteroatoms. The number of morpholine rings is 1. The molecule has 2 aromatic carbocycles. The van der Waals surface area contributed by atoms with Crippen molar-refractivity contribution in [3.8, 4) is 0 Å². The fourth-order valence-corrected chi connectivity index (χ4v) is 3.27. The van der Waals surface area contributed by atoms with Crippen LogP contribution < -0.4 is 5.32 Å². The van der Waals surface area contributed by atoms with Crippen LogP contribution in [0.15, 0.2) is 48.5 Å². The third-order valence-electron chi connectivity index (χ3n) is 4.68. The number of ether oxygens (including phenoxy) is 1. The van der Waals surface area contributed by atoms with Gasteiger partial charge in [0.1, 0.15) is 0 Å². The summed E-state index contributed by atoms with van der Waals surface area (Å²) in [6.07, 6.45) is 0. The summed E-state index contributed by atoms with van der Waals surface area (Å²) >= 11 is 0. The zero-order valence-corrected chi connectivity index (χ0v) is 15.0. The Hall–Kier alpha value is -2.17. The lowest BCUT2D eigenvalue weighted by atomic mass is 10.0. The third kappa shape index (κ3) is 4.68. The Morgan fingerprint density at radius 2 is 1.84 bits per heavy atom. The summed E-state index contributed by atoms with van der Waals surface area (Å²) < 4.78 is 5.44. The van der Waals surface area contributed by atoms with Crippen molar-refractivity contribution in [2.75, 3.05) is 32.8 Å². The molecule has 132 valence electrons. The van der Waals surface area contributed by atoms with Crippen molar-refractivity contribution in [3.05, 3.63) is 70.8 Å². The van der Waals surface area contributed by atoms with Gasteiger partial charge >= 0.3 is 0 Å². The van der Waals surface area contributed by atoms with Gasteiger partial charge in [0.2, 0.25) is 0 Å². The SMILES string of the molecule is Cc1ccc(C(=O)NC(CN2CCOCC2)c2ccccc2)c(C)c1.